The standard InChI is InChI=1S/C12H15NO2/c1-15-8-12(14)11-4-2-3-9-7-13-6-5-10(9)11/h2-4,13H,5-8H2,1H3. The van der Waals surface area contributed by atoms with Crippen molar-refractivity contribution in [1.29, 1.82) is 0 Å². The Morgan fingerprint density at radius 1 is 1.53 bits per heavy atom. The van der Waals surface area contributed by atoms with Crippen LogP contribution >= 0.6 is 0 Å². The van der Waals surface area contributed by atoms with Crippen LogP contribution in [0.1, 0.15) is 21.5 Å². The van der Waals surface area contributed by atoms with Crippen molar-refractivity contribution in [2.45, 2.75) is 13.0 Å². The molecule has 80 valence electrons. The Morgan fingerprint density at radius 3 is 3.20 bits per heavy atom. The van der Waals surface area contributed by atoms with Crippen LogP contribution in [0.2, 0.25) is 0 Å². The quantitative estimate of drug-likeness (QED) is 0.752. The van der Waals surface area contributed by atoms with Gasteiger partial charge in [0.05, 0.1) is 0 Å². The van der Waals surface area contributed by atoms with Crippen LogP contribution in [-0.2, 0) is 17.7 Å². The van der Waals surface area contributed by atoms with E-state index in [1.54, 1.807) is 7.11 Å². The number of ketones is 1. The van der Waals surface area contributed by atoms with Crippen molar-refractivity contribution < 1.29 is 9.53 Å². The number of hydrogen-bond donors (Lipinski definition) is 1. The Balaban J connectivity index is 2.34. The van der Waals surface area contributed by atoms with E-state index in [-0.39, 0.29) is 12.4 Å². The van der Waals surface area contributed by atoms with Crippen LogP contribution < -0.4 is 5.32 Å². The molecule has 0 radical (unpaired) electrons. The molecule has 1 heterocycles. The number of carbonyl (C=O) groups is 1. The molecule has 0 fully saturated rings. The van der Waals surface area contributed by atoms with E-state index < -0.39 is 0 Å². The fraction of sp³-hybridized carbons (Fsp3) is 0.417. The van der Waals surface area contributed by atoms with Crippen LogP contribution in [0.5, 0.6) is 0 Å². The summed E-state index contributed by atoms with van der Waals surface area (Å²) in [5, 5.41) is 3.30. The summed E-state index contributed by atoms with van der Waals surface area (Å²) in [5.74, 6) is 0.0799. The maximum Gasteiger partial charge on any atom is 0.188 e. The van der Waals surface area contributed by atoms with Gasteiger partial charge in [0.1, 0.15) is 6.61 Å². The molecule has 0 saturated heterocycles. The monoisotopic (exact) mass is 205 g/mol. The fourth-order valence-corrected chi connectivity index (χ4v) is 2.00. The minimum absolute atomic E-state index is 0.0799. The van der Waals surface area contributed by atoms with E-state index in [1.165, 1.54) is 11.1 Å². The van der Waals surface area contributed by atoms with Gasteiger partial charge < -0.3 is 10.1 Å². The van der Waals surface area contributed by atoms with Crippen molar-refractivity contribution in [3.8, 4) is 0 Å². The molecule has 15 heavy (non-hydrogen) atoms. The van der Waals surface area contributed by atoms with Crippen molar-refractivity contribution in [2.75, 3.05) is 20.3 Å². The van der Waals surface area contributed by atoms with Gasteiger partial charge in [0.25, 0.3) is 0 Å². The average molecular weight is 205 g/mol. The van der Waals surface area contributed by atoms with Gasteiger partial charge >= 0.3 is 0 Å². The molecule has 0 unspecified atom stereocenters. The summed E-state index contributed by atoms with van der Waals surface area (Å²) in [6.45, 7) is 1.98. The summed E-state index contributed by atoms with van der Waals surface area (Å²) in [4.78, 5) is 11.8. The Labute approximate surface area is 89.4 Å². The van der Waals surface area contributed by atoms with Crippen LogP contribution in [0.3, 0.4) is 0 Å². The van der Waals surface area contributed by atoms with Gasteiger partial charge in [0.15, 0.2) is 5.78 Å². The first-order valence-corrected chi connectivity index (χ1v) is 5.16. The van der Waals surface area contributed by atoms with Crippen LogP contribution in [0, 0.1) is 0 Å². The van der Waals surface area contributed by atoms with Gasteiger partial charge in [0.2, 0.25) is 0 Å². The van der Waals surface area contributed by atoms with Gasteiger partial charge in [-0.25, -0.2) is 0 Å². The molecule has 0 aromatic heterocycles. The normalized spacial score (nSPS) is 14.7. The number of fused-ring (bicyclic) bond motifs is 1. The van der Waals surface area contributed by atoms with Crippen LogP contribution in [0.15, 0.2) is 18.2 Å². The zero-order valence-corrected chi connectivity index (χ0v) is 8.88. The summed E-state index contributed by atoms with van der Waals surface area (Å²) in [6, 6.07) is 5.91. The minimum atomic E-state index is 0.0799. The zero-order valence-electron chi connectivity index (χ0n) is 8.88. The molecular formula is C12H15NO2. The molecular weight excluding hydrogens is 190 g/mol. The lowest BCUT2D eigenvalue weighted by Gasteiger charge is -2.19. The number of nitrogens with one attached hydrogen (secondary N) is 1. The number of methoxy groups -OCH3 is 1. The number of rotatable bonds is 3. The highest BCUT2D eigenvalue weighted by Crippen LogP contribution is 2.19. The first-order valence-electron chi connectivity index (χ1n) is 5.16. The Bertz CT molecular complexity index is 374. The second-order valence-electron chi connectivity index (χ2n) is 3.73. The molecule has 1 aliphatic rings. The molecule has 0 saturated carbocycles. The minimum Gasteiger partial charge on any atom is -0.377 e. The third kappa shape index (κ3) is 2.08. The van der Waals surface area contributed by atoms with E-state index in [9.17, 15) is 4.79 Å². The molecule has 0 bridgehead atoms. The number of benzene rings is 1. The smallest absolute Gasteiger partial charge is 0.188 e. The van der Waals surface area contributed by atoms with Gasteiger partial charge in [-0.3, -0.25) is 4.79 Å². The highest BCUT2D eigenvalue weighted by molar-refractivity contribution is 5.98. The third-order valence-electron chi connectivity index (χ3n) is 2.72. The molecule has 0 aliphatic carbocycles. The first-order chi connectivity index (χ1) is 7.33. The second-order valence-corrected chi connectivity index (χ2v) is 3.73. The van der Waals surface area contributed by atoms with E-state index in [4.69, 9.17) is 4.74 Å². The summed E-state index contributed by atoms with van der Waals surface area (Å²) in [5.41, 5.74) is 3.26. The van der Waals surface area contributed by atoms with Crippen molar-refractivity contribution in [3.63, 3.8) is 0 Å². The predicted octanol–water partition coefficient (Wildman–Crippen LogP) is 1.16. The Hall–Kier alpha value is -1.19. The molecule has 1 aromatic rings. The van der Waals surface area contributed by atoms with Crippen LogP contribution in [0.4, 0.5) is 0 Å². The van der Waals surface area contributed by atoms with Crippen molar-refractivity contribution >= 4 is 5.78 Å². The second kappa shape index (κ2) is 4.55. The number of hydrogen-bond acceptors (Lipinski definition) is 3. The molecule has 1 aromatic carbocycles. The molecule has 0 atom stereocenters. The van der Waals surface area contributed by atoms with E-state index >= 15 is 0 Å². The SMILES string of the molecule is COCC(=O)c1cccc2c1CCNC2. The van der Waals surface area contributed by atoms with E-state index in [0.29, 0.717) is 0 Å². The van der Waals surface area contributed by atoms with Crippen molar-refractivity contribution in [2.24, 2.45) is 0 Å². The van der Waals surface area contributed by atoms with Gasteiger partial charge in [-0.2, -0.15) is 0 Å². The lowest BCUT2D eigenvalue weighted by atomic mass is 9.93. The molecule has 2 rings (SSSR count). The van der Waals surface area contributed by atoms with Gasteiger partial charge in [-0.15, -0.1) is 0 Å². The number of ether oxygens (including phenoxy) is 1. The van der Waals surface area contributed by atoms with Crippen LogP contribution in [-0.4, -0.2) is 26.0 Å². The van der Waals surface area contributed by atoms with Gasteiger partial charge in [-0.1, -0.05) is 18.2 Å². The molecule has 3 nitrogen and oxygen atoms in total. The third-order valence-corrected chi connectivity index (χ3v) is 2.72. The number of carbonyl (C=O) groups excluding carboxylic acids is 1. The maximum absolute atomic E-state index is 11.8. The number of Topliss-reactive ketones (excluding diaryl/α,β-unsaturated/α-hetero) is 1. The highest BCUT2D eigenvalue weighted by Gasteiger charge is 2.16. The Morgan fingerprint density at radius 2 is 2.40 bits per heavy atom. The van der Waals surface area contributed by atoms with E-state index in [1.807, 2.05) is 12.1 Å². The lowest BCUT2D eigenvalue weighted by Crippen LogP contribution is -2.26. The summed E-state index contributed by atoms with van der Waals surface area (Å²) < 4.78 is 4.88. The van der Waals surface area contributed by atoms with Crippen molar-refractivity contribution in [1.82, 2.24) is 5.32 Å². The maximum atomic E-state index is 11.8. The molecule has 3 heteroatoms. The predicted molar refractivity (Wildman–Crippen MR) is 58.1 cm³/mol. The molecule has 1 aliphatic heterocycles. The molecule has 0 spiro atoms. The topological polar surface area (TPSA) is 38.3 Å². The van der Waals surface area contributed by atoms with Gasteiger partial charge in [-0.05, 0) is 24.1 Å². The first kappa shape index (κ1) is 10.3. The summed E-state index contributed by atoms with van der Waals surface area (Å²) >= 11 is 0. The average Bonchev–Trinajstić information content (AvgIpc) is 2.28. The van der Waals surface area contributed by atoms with Crippen molar-refractivity contribution in [3.05, 3.63) is 34.9 Å². The largest absolute Gasteiger partial charge is 0.377 e. The zero-order chi connectivity index (χ0) is 10.7. The lowest BCUT2D eigenvalue weighted by molar-refractivity contribution is 0.0847. The summed E-state index contributed by atoms with van der Waals surface area (Å²) in [6.07, 6.45) is 0.932. The highest BCUT2D eigenvalue weighted by atomic mass is 16.5. The fourth-order valence-electron chi connectivity index (χ4n) is 2.00. The molecule has 1 N–H and O–H groups in total. The molecule has 0 amide bonds. The van der Waals surface area contributed by atoms with E-state index in [0.717, 1.165) is 25.1 Å². The van der Waals surface area contributed by atoms with Gasteiger partial charge in [0, 0.05) is 19.2 Å². The van der Waals surface area contributed by atoms with Crippen LogP contribution in [0.25, 0.3) is 0 Å². The van der Waals surface area contributed by atoms with E-state index in [2.05, 4.69) is 11.4 Å². The Kier molecular flexibility index (Phi) is 3.14. The summed E-state index contributed by atoms with van der Waals surface area (Å²) in [7, 11) is 1.55.